The van der Waals surface area contributed by atoms with Crippen LogP contribution in [0.3, 0.4) is 0 Å². The third kappa shape index (κ3) is 14.9. The summed E-state index contributed by atoms with van der Waals surface area (Å²) in [6, 6.07) is 184. The van der Waals surface area contributed by atoms with Gasteiger partial charge in [0, 0.05) is 88.4 Å². The summed E-state index contributed by atoms with van der Waals surface area (Å²) in [6.45, 7) is 0. The highest BCUT2D eigenvalue weighted by Crippen LogP contribution is 2.55. The van der Waals surface area contributed by atoms with Gasteiger partial charge in [0.25, 0.3) is 0 Å². The molecule has 0 unspecified atom stereocenters. The lowest BCUT2D eigenvalue weighted by Crippen LogP contribution is -2.10. The third-order valence-corrected chi connectivity index (χ3v) is 30.7. The predicted molar refractivity (Wildman–Crippen MR) is 623 cm³/mol. The second-order valence-electron chi connectivity index (χ2n) is 38.3. The smallest absolute Gasteiger partial charge is 0.227 e. The zero-order valence-corrected chi connectivity index (χ0v) is 81.3. The van der Waals surface area contributed by atoms with E-state index in [1.165, 1.54) is 110 Å². The maximum atomic E-state index is 6.59. The van der Waals surface area contributed by atoms with Crippen LogP contribution in [-0.4, -0.2) is 15.0 Å². The zero-order chi connectivity index (χ0) is 98.1. The van der Waals surface area contributed by atoms with Crippen molar-refractivity contribution in [1.82, 2.24) is 15.0 Å². The van der Waals surface area contributed by atoms with Crippen molar-refractivity contribution in [3.05, 3.63) is 521 Å². The number of hydrogen-bond donors (Lipinski definition) is 0. The molecule has 0 fully saturated rings. The zero-order valence-electron chi connectivity index (χ0n) is 80.5. The average molecular weight is 1920 g/mol. The van der Waals surface area contributed by atoms with Crippen LogP contribution in [0.25, 0.3) is 242 Å². The van der Waals surface area contributed by atoms with E-state index in [4.69, 9.17) is 28.2 Å². The van der Waals surface area contributed by atoms with Crippen molar-refractivity contribution in [2.45, 2.75) is 0 Å². The van der Waals surface area contributed by atoms with Gasteiger partial charge in [-0.3, -0.25) is 0 Å². The molecule has 0 aliphatic heterocycles. The van der Waals surface area contributed by atoms with Gasteiger partial charge >= 0.3 is 0 Å². The quantitative estimate of drug-likeness (QED) is 0.0988. The fourth-order valence-corrected chi connectivity index (χ4v) is 23.6. The molecule has 0 saturated heterocycles. The van der Waals surface area contributed by atoms with Gasteiger partial charge in [0.15, 0.2) is 16.7 Å². The van der Waals surface area contributed by atoms with E-state index in [1.807, 2.05) is 97.1 Å². The monoisotopic (exact) mass is 1920 g/mol. The van der Waals surface area contributed by atoms with E-state index in [2.05, 4.69) is 439 Å². The first kappa shape index (κ1) is 86.1. The van der Waals surface area contributed by atoms with Crippen LogP contribution in [-0.2, 0) is 0 Å². The Morgan fingerprint density at radius 1 is 0.181 bits per heavy atom. The number of fused-ring (bicyclic) bond motifs is 24. The summed E-state index contributed by atoms with van der Waals surface area (Å²) in [7, 11) is 0. The maximum absolute atomic E-state index is 6.59. The highest BCUT2D eigenvalue weighted by Gasteiger charge is 2.30. The van der Waals surface area contributed by atoms with Crippen molar-refractivity contribution in [2.24, 2.45) is 0 Å². The van der Waals surface area contributed by atoms with E-state index in [0.29, 0.717) is 17.7 Å². The molecule has 9 nitrogen and oxygen atoms in total. The highest BCUT2D eigenvalue weighted by molar-refractivity contribution is 7.17. The van der Waals surface area contributed by atoms with E-state index in [9.17, 15) is 0 Å². The molecule has 2 aliphatic carbocycles. The van der Waals surface area contributed by atoms with Crippen LogP contribution in [0.4, 0.5) is 51.2 Å². The molecular weight excluding hydrogens is 1830 g/mol. The summed E-state index contributed by atoms with van der Waals surface area (Å²) in [5, 5.41) is 22.0. The minimum atomic E-state index is 0.630. The Morgan fingerprint density at radius 2 is 0.537 bits per heavy atom. The van der Waals surface area contributed by atoms with Gasteiger partial charge in [-0.05, 0) is 323 Å². The molecule has 0 saturated carbocycles. The molecule has 25 aromatic carbocycles. The summed E-state index contributed by atoms with van der Waals surface area (Å²) in [5.41, 5.74) is 35.4. The van der Waals surface area contributed by atoms with Crippen LogP contribution >= 0.6 is 11.3 Å². The molecule has 0 amide bonds. The van der Waals surface area contributed by atoms with Crippen LogP contribution in [0.5, 0.6) is 0 Å². The Hall–Kier alpha value is -19.7. The molecule has 696 valence electrons. The number of benzene rings is 25. The van der Waals surface area contributed by atoms with Crippen molar-refractivity contribution in [3.63, 3.8) is 0 Å². The predicted octanol–water partition coefficient (Wildman–Crippen LogP) is 39.6. The van der Waals surface area contributed by atoms with Crippen molar-refractivity contribution in [1.29, 1.82) is 0 Å². The molecule has 149 heavy (non-hydrogen) atoms. The van der Waals surface area contributed by atoms with Gasteiger partial charge in [0.2, 0.25) is 17.7 Å². The Morgan fingerprint density at radius 3 is 1.08 bits per heavy atom. The van der Waals surface area contributed by atoms with E-state index in [-0.39, 0.29) is 0 Å². The fourth-order valence-electron chi connectivity index (χ4n) is 22.9. The number of para-hydroxylation sites is 2. The molecule has 0 N–H and O–H groups in total. The molecule has 29 aromatic rings. The van der Waals surface area contributed by atoms with Crippen molar-refractivity contribution >= 4 is 192 Å². The van der Waals surface area contributed by atoms with Gasteiger partial charge in [-0.15, -0.1) is 11.3 Å². The number of oxazole rings is 3. The Labute approximate surface area is 861 Å². The molecule has 0 spiro atoms. The third-order valence-electron chi connectivity index (χ3n) is 29.8. The van der Waals surface area contributed by atoms with Gasteiger partial charge in [0.05, 0.1) is 5.69 Å². The standard InChI is InChI=1S/2C49H30N2O.C41H26N2OS/c1-3-12-33(13-4-1)49-50-44-28-25-32-23-22-31-24-26-35(30-43(31)46(32)48(44)52-49)51(34-14-5-2-6-15-34)45-29-27-41-39-19-10-8-17-37(39)36-16-7-9-18-38(36)40-20-11-21-42(45)47(40)41;1-3-10-33(11-4-1)49-50-48-45(52-49)29-22-32-18-19-34-30-37(25-26-39(34)46(32)48)51(35-12-5-2-6-13-35)36-23-20-31(21-24-36)38-27-28-44-41-15-8-7-14-40(41)43-17-9-16-42(38)47(43)44;1-3-7-27(8-4-1)28-13-17-33(18-14-28)43(34-20-22-38-32(25-34)23-24-45-38)35-19-15-29-11-12-30-16-21-37-40(39(30)36(29)26-35)44-41(42-37)31-9-5-2-6-10-31/h2*1-30H;1-26H. The summed E-state index contributed by atoms with van der Waals surface area (Å²) in [4.78, 5) is 21.9. The maximum Gasteiger partial charge on any atom is 0.227 e. The number of thiophene rings is 1. The lowest BCUT2D eigenvalue weighted by Gasteiger charge is -2.28. The normalized spacial score (nSPS) is 11.8. The number of nitrogens with zero attached hydrogens (tertiary/aromatic N) is 6. The molecule has 0 atom stereocenters. The lowest BCUT2D eigenvalue weighted by molar-refractivity contribution is 0.620. The van der Waals surface area contributed by atoms with Gasteiger partial charge in [-0.2, -0.15) is 0 Å². The van der Waals surface area contributed by atoms with E-state index in [0.717, 1.165) is 166 Å². The second-order valence-corrected chi connectivity index (χ2v) is 39.2. The Balaban J connectivity index is 0.000000105. The summed E-state index contributed by atoms with van der Waals surface area (Å²) >= 11 is 1.77. The van der Waals surface area contributed by atoms with Crippen molar-refractivity contribution in [2.75, 3.05) is 14.7 Å². The Kier molecular flexibility index (Phi) is 20.6. The fraction of sp³-hybridized carbons (Fsp3) is 0. The van der Waals surface area contributed by atoms with E-state index < -0.39 is 0 Å². The SMILES string of the molecule is c1ccc(-c2ccc(N(c3ccc4sccc4c3)c3ccc4ccc5ccc6nc(-c7ccccc7)oc6c5c4c3)cc2)cc1.c1ccc(-c2nc3c(ccc4ccc5cc(N(c6ccccc6)c6ccc(-c7ccc8c9c(cccc79)-c7ccccc7-8)cc6)ccc5c43)o2)cc1.c1ccc(-c2nc3ccc4ccc5ccc(N(c6ccccc6)c6ccc7c8c(cccc68)-c6ccccc6-c6ccccc6-7)cc5c4c3o2)cc1. The molecule has 0 radical (unpaired) electrons. The number of hydrogen-bond acceptors (Lipinski definition) is 10. The summed E-state index contributed by atoms with van der Waals surface area (Å²) in [5.74, 6) is 1.90. The lowest BCUT2D eigenvalue weighted by atomic mass is 9.92. The van der Waals surface area contributed by atoms with Crippen LogP contribution < -0.4 is 14.7 Å². The second kappa shape index (κ2) is 35.7. The van der Waals surface area contributed by atoms with Gasteiger partial charge in [-0.1, -0.05) is 346 Å². The molecule has 10 heteroatoms. The average Bonchev–Trinajstić information content (AvgIpc) is 1.58. The van der Waals surface area contributed by atoms with E-state index >= 15 is 0 Å². The minimum absolute atomic E-state index is 0.630. The first-order valence-electron chi connectivity index (χ1n) is 50.5. The molecule has 2 aliphatic rings. The van der Waals surface area contributed by atoms with Crippen LogP contribution in [0, 0.1) is 0 Å². The minimum Gasteiger partial charge on any atom is -0.436 e. The molecule has 4 aromatic heterocycles. The van der Waals surface area contributed by atoms with Crippen LogP contribution in [0.15, 0.2) is 534 Å². The number of aromatic nitrogens is 3. The summed E-state index contributed by atoms with van der Waals surface area (Å²) in [6.07, 6.45) is 0. The first-order chi connectivity index (χ1) is 73.9. The van der Waals surface area contributed by atoms with Crippen molar-refractivity contribution < 1.29 is 13.3 Å². The van der Waals surface area contributed by atoms with Gasteiger partial charge < -0.3 is 28.0 Å². The number of anilines is 9. The molecule has 0 bridgehead atoms. The van der Waals surface area contributed by atoms with E-state index in [1.54, 1.807) is 11.3 Å². The largest absolute Gasteiger partial charge is 0.436 e. The first-order valence-corrected chi connectivity index (χ1v) is 51.3. The van der Waals surface area contributed by atoms with Gasteiger partial charge in [0.1, 0.15) is 16.6 Å². The molecule has 31 rings (SSSR count). The molecular formula is C139H86N6O3S. The van der Waals surface area contributed by atoms with Gasteiger partial charge in [-0.25, -0.2) is 15.0 Å². The summed E-state index contributed by atoms with van der Waals surface area (Å²) < 4.78 is 20.7. The topological polar surface area (TPSA) is 87.8 Å². The highest BCUT2D eigenvalue weighted by atomic mass is 32.1. The Bertz CT molecular complexity index is 10300. The van der Waals surface area contributed by atoms with Crippen LogP contribution in [0.2, 0.25) is 0 Å². The number of rotatable bonds is 14. The van der Waals surface area contributed by atoms with Crippen LogP contribution in [0.1, 0.15) is 0 Å². The molecule has 4 heterocycles. The van der Waals surface area contributed by atoms with Crippen molar-refractivity contribution in [3.8, 4) is 112 Å².